The first kappa shape index (κ1) is 18.5. The Labute approximate surface area is 151 Å². The van der Waals surface area contributed by atoms with Gasteiger partial charge >= 0.3 is 0 Å². The maximum absolute atomic E-state index is 13.0. The van der Waals surface area contributed by atoms with Crippen molar-refractivity contribution in [2.75, 3.05) is 13.1 Å². The number of amides is 1. The second kappa shape index (κ2) is 7.55. The van der Waals surface area contributed by atoms with Crippen LogP contribution < -0.4 is 5.32 Å². The monoisotopic (exact) mass is 380 g/mol. The van der Waals surface area contributed by atoms with Gasteiger partial charge in [0.05, 0.1) is 23.1 Å². The molecule has 3 rings (SSSR count). The van der Waals surface area contributed by atoms with Gasteiger partial charge in [-0.05, 0) is 43.2 Å². The number of hydrogen-bond acceptors (Lipinski definition) is 4. The molecule has 26 heavy (non-hydrogen) atoms. The molecule has 0 saturated carbocycles. The number of rotatable bonds is 5. The quantitative estimate of drug-likeness (QED) is 0.847. The van der Waals surface area contributed by atoms with Crippen LogP contribution in [0.1, 0.15) is 18.5 Å². The molecule has 1 atom stereocenters. The van der Waals surface area contributed by atoms with Crippen LogP contribution in [0.15, 0.2) is 41.4 Å². The highest BCUT2D eigenvalue weighted by atomic mass is 32.2. The first-order valence-electron chi connectivity index (χ1n) is 8.38. The van der Waals surface area contributed by atoms with Gasteiger partial charge in [-0.15, -0.1) is 0 Å². The van der Waals surface area contributed by atoms with Crippen LogP contribution >= 0.6 is 0 Å². The Balaban J connectivity index is 1.65. The summed E-state index contributed by atoms with van der Waals surface area (Å²) in [5, 5.41) is 6.89. The van der Waals surface area contributed by atoms with E-state index in [1.165, 1.54) is 16.4 Å². The number of carbonyl (C=O) groups excluding carboxylic acids is 1. The fourth-order valence-corrected chi connectivity index (χ4v) is 4.55. The van der Waals surface area contributed by atoms with E-state index in [2.05, 4.69) is 10.4 Å². The van der Waals surface area contributed by atoms with Crippen LogP contribution in [0.3, 0.4) is 0 Å². The molecule has 1 aromatic carbocycles. The van der Waals surface area contributed by atoms with Crippen molar-refractivity contribution < 1.29 is 17.6 Å². The highest BCUT2D eigenvalue weighted by molar-refractivity contribution is 7.89. The maximum Gasteiger partial charge on any atom is 0.243 e. The minimum atomic E-state index is -3.74. The zero-order chi connectivity index (χ0) is 18.7. The Morgan fingerprint density at radius 2 is 2.04 bits per heavy atom. The average Bonchev–Trinajstić information content (AvgIpc) is 3.05. The first-order chi connectivity index (χ1) is 12.4. The van der Waals surface area contributed by atoms with E-state index < -0.39 is 21.8 Å². The number of hydrogen-bond donors (Lipinski definition) is 1. The van der Waals surface area contributed by atoms with Gasteiger partial charge in [-0.25, -0.2) is 12.8 Å². The number of aromatic nitrogens is 2. The lowest BCUT2D eigenvalue weighted by Gasteiger charge is -2.31. The molecule has 1 fully saturated rings. The van der Waals surface area contributed by atoms with Crippen LogP contribution in [0, 0.1) is 11.7 Å². The van der Waals surface area contributed by atoms with Crippen molar-refractivity contribution in [1.82, 2.24) is 19.4 Å². The topological polar surface area (TPSA) is 84.3 Å². The van der Waals surface area contributed by atoms with E-state index in [0.29, 0.717) is 25.9 Å². The molecule has 0 aliphatic carbocycles. The molecule has 1 N–H and O–H groups in total. The van der Waals surface area contributed by atoms with Gasteiger partial charge in [0, 0.05) is 26.3 Å². The fraction of sp³-hybridized carbons (Fsp3) is 0.412. The number of aryl methyl sites for hydroxylation is 1. The lowest BCUT2D eigenvalue weighted by atomic mass is 9.99. The van der Waals surface area contributed by atoms with Gasteiger partial charge in [-0.2, -0.15) is 9.40 Å². The summed E-state index contributed by atoms with van der Waals surface area (Å²) in [7, 11) is -1.95. The molecule has 1 aromatic heterocycles. The molecule has 2 heterocycles. The molecule has 7 nitrogen and oxygen atoms in total. The summed E-state index contributed by atoms with van der Waals surface area (Å²) in [6, 6.07) is 6.55. The normalized spacial score (nSPS) is 18.6. The number of sulfonamides is 1. The van der Waals surface area contributed by atoms with E-state index in [1.807, 2.05) is 6.07 Å². The summed E-state index contributed by atoms with van der Waals surface area (Å²) in [5.74, 6) is -1.08. The molecule has 0 bridgehead atoms. The molecule has 2 aromatic rings. The summed E-state index contributed by atoms with van der Waals surface area (Å²) in [6.45, 7) is 0.818. The Bertz CT molecular complexity index is 880. The van der Waals surface area contributed by atoms with Crippen molar-refractivity contribution in [2.24, 2.45) is 13.0 Å². The standard InChI is InChI=1S/C17H21FN4O3S/c1-21-15(8-9-20-21)11-19-17(23)13-3-2-10-22(12-13)26(24,25)16-6-4-14(18)5-7-16/h4-9,13H,2-3,10-12H2,1H3,(H,19,23). The van der Waals surface area contributed by atoms with Crippen LogP contribution in [-0.2, 0) is 28.4 Å². The van der Waals surface area contributed by atoms with E-state index in [9.17, 15) is 17.6 Å². The summed E-state index contributed by atoms with van der Waals surface area (Å²) < 4.78 is 41.5. The zero-order valence-electron chi connectivity index (χ0n) is 14.4. The second-order valence-electron chi connectivity index (χ2n) is 6.32. The third kappa shape index (κ3) is 3.94. The van der Waals surface area contributed by atoms with Crippen molar-refractivity contribution in [2.45, 2.75) is 24.3 Å². The molecule has 1 saturated heterocycles. The fourth-order valence-electron chi connectivity index (χ4n) is 3.03. The number of piperidine rings is 1. The van der Waals surface area contributed by atoms with Crippen LogP contribution in [0.2, 0.25) is 0 Å². The summed E-state index contributed by atoms with van der Waals surface area (Å²) in [6.07, 6.45) is 2.88. The third-order valence-corrected chi connectivity index (χ3v) is 6.45. The molecular weight excluding hydrogens is 359 g/mol. The van der Waals surface area contributed by atoms with Gasteiger partial charge in [0.1, 0.15) is 5.82 Å². The van der Waals surface area contributed by atoms with E-state index in [4.69, 9.17) is 0 Å². The smallest absolute Gasteiger partial charge is 0.243 e. The number of halogens is 1. The van der Waals surface area contributed by atoms with Gasteiger partial charge < -0.3 is 5.32 Å². The Kier molecular flexibility index (Phi) is 5.38. The molecule has 1 unspecified atom stereocenters. The predicted molar refractivity (Wildman–Crippen MR) is 92.9 cm³/mol. The van der Waals surface area contributed by atoms with Crippen molar-refractivity contribution in [3.63, 3.8) is 0 Å². The van der Waals surface area contributed by atoms with E-state index in [0.717, 1.165) is 17.8 Å². The largest absolute Gasteiger partial charge is 0.350 e. The van der Waals surface area contributed by atoms with Gasteiger partial charge in [0.25, 0.3) is 0 Å². The third-order valence-electron chi connectivity index (χ3n) is 4.57. The number of nitrogens with zero attached hydrogens (tertiary/aromatic N) is 3. The first-order valence-corrected chi connectivity index (χ1v) is 9.82. The van der Waals surface area contributed by atoms with Crippen LogP contribution in [-0.4, -0.2) is 41.5 Å². The SMILES string of the molecule is Cn1nccc1CNC(=O)C1CCCN(S(=O)(=O)c2ccc(F)cc2)C1. The van der Waals surface area contributed by atoms with E-state index >= 15 is 0 Å². The summed E-state index contributed by atoms with van der Waals surface area (Å²) in [5.41, 5.74) is 0.866. The minimum absolute atomic E-state index is 0.0369. The highest BCUT2D eigenvalue weighted by Gasteiger charge is 2.33. The lowest BCUT2D eigenvalue weighted by Crippen LogP contribution is -2.45. The number of benzene rings is 1. The molecule has 1 aliphatic rings. The van der Waals surface area contributed by atoms with Gasteiger partial charge in [-0.1, -0.05) is 0 Å². The van der Waals surface area contributed by atoms with Crippen molar-refractivity contribution >= 4 is 15.9 Å². The van der Waals surface area contributed by atoms with E-state index in [1.54, 1.807) is 17.9 Å². The average molecular weight is 380 g/mol. The second-order valence-corrected chi connectivity index (χ2v) is 8.26. The Morgan fingerprint density at radius 1 is 1.31 bits per heavy atom. The van der Waals surface area contributed by atoms with E-state index in [-0.39, 0.29) is 17.3 Å². The molecule has 140 valence electrons. The molecule has 1 aliphatic heterocycles. The Hall–Kier alpha value is -2.26. The summed E-state index contributed by atoms with van der Waals surface area (Å²) >= 11 is 0. The van der Waals surface area contributed by atoms with Gasteiger partial charge in [-0.3, -0.25) is 9.48 Å². The Morgan fingerprint density at radius 3 is 2.69 bits per heavy atom. The number of nitrogens with one attached hydrogen (secondary N) is 1. The number of carbonyl (C=O) groups is 1. The van der Waals surface area contributed by atoms with Gasteiger partial charge in [0.2, 0.25) is 15.9 Å². The van der Waals surface area contributed by atoms with Crippen molar-refractivity contribution in [3.8, 4) is 0 Å². The minimum Gasteiger partial charge on any atom is -0.350 e. The lowest BCUT2D eigenvalue weighted by molar-refractivity contribution is -0.126. The molecule has 9 heteroatoms. The molecule has 1 amide bonds. The molecule has 0 radical (unpaired) electrons. The maximum atomic E-state index is 13.0. The van der Waals surface area contributed by atoms with Crippen LogP contribution in [0.4, 0.5) is 4.39 Å². The predicted octanol–water partition coefficient (Wildman–Crippen LogP) is 1.28. The highest BCUT2D eigenvalue weighted by Crippen LogP contribution is 2.24. The van der Waals surface area contributed by atoms with Crippen LogP contribution in [0.5, 0.6) is 0 Å². The van der Waals surface area contributed by atoms with Gasteiger partial charge in [0.15, 0.2) is 0 Å². The molecule has 0 spiro atoms. The van der Waals surface area contributed by atoms with Crippen molar-refractivity contribution in [3.05, 3.63) is 48.0 Å². The zero-order valence-corrected chi connectivity index (χ0v) is 15.2. The molecular formula is C17H21FN4O3S. The summed E-state index contributed by atoms with van der Waals surface area (Å²) in [4.78, 5) is 12.5. The van der Waals surface area contributed by atoms with Crippen LogP contribution in [0.25, 0.3) is 0 Å². The van der Waals surface area contributed by atoms with Crippen molar-refractivity contribution in [1.29, 1.82) is 0 Å².